The number of hydrogen-bond acceptors (Lipinski definition) is 4. The molecule has 0 aliphatic heterocycles. The maximum atomic E-state index is 13.2. The summed E-state index contributed by atoms with van der Waals surface area (Å²) in [6.07, 6.45) is 2.27. The van der Waals surface area contributed by atoms with E-state index in [0.29, 0.717) is 23.7 Å². The van der Waals surface area contributed by atoms with Gasteiger partial charge in [-0.05, 0) is 18.4 Å². The van der Waals surface area contributed by atoms with E-state index < -0.39 is 0 Å². The van der Waals surface area contributed by atoms with Crippen LogP contribution < -0.4 is 0 Å². The number of hydrogen-bond donors (Lipinski definition) is 0. The highest BCUT2D eigenvalue weighted by molar-refractivity contribution is 7.99. The molecule has 0 fully saturated rings. The van der Waals surface area contributed by atoms with Gasteiger partial charge in [0, 0.05) is 16.4 Å². The molecular formula is C12H15FO2S2. The summed E-state index contributed by atoms with van der Waals surface area (Å²) in [7, 11) is 0. The number of halogens is 1. The van der Waals surface area contributed by atoms with Crippen molar-refractivity contribution in [3.05, 3.63) is 30.1 Å². The summed E-state index contributed by atoms with van der Waals surface area (Å²) in [5, 5.41) is 0. The van der Waals surface area contributed by atoms with Gasteiger partial charge < -0.3 is 4.74 Å². The van der Waals surface area contributed by atoms with Crippen molar-refractivity contribution >= 4 is 29.5 Å². The number of carbonyl (C=O) groups excluding carboxylic acids is 1. The molecule has 0 aromatic heterocycles. The van der Waals surface area contributed by atoms with Crippen LogP contribution in [0.25, 0.3) is 0 Å². The molecule has 0 saturated heterocycles. The van der Waals surface area contributed by atoms with Gasteiger partial charge in [0.1, 0.15) is 12.4 Å². The monoisotopic (exact) mass is 274 g/mol. The second-order valence-corrected chi connectivity index (χ2v) is 5.36. The van der Waals surface area contributed by atoms with Gasteiger partial charge in [-0.2, -0.15) is 11.8 Å². The SMILES string of the molecule is CSCCOC(=O)CCSc1ccccc1F. The van der Waals surface area contributed by atoms with Crippen LogP contribution in [0.4, 0.5) is 4.39 Å². The lowest BCUT2D eigenvalue weighted by atomic mass is 10.3. The van der Waals surface area contributed by atoms with Gasteiger partial charge in [-0.25, -0.2) is 4.39 Å². The summed E-state index contributed by atoms with van der Waals surface area (Å²) in [6.45, 7) is 0.449. The van der Waals surface area contributed by atoms with Crippen molar-refractivity contribution in [3.63, 3.8) is 0 Å². The Hall–Kier alpha value is -0.680. The average Bonchev–Trinajstić information content (AvgIpc) is 2.32. The average molecular weight is 274 g/mol. The molecule has 1 aromatic carbocycles. The first kappa shape index (κ1) is 14.4. The third kappa shape index (κ3) is 5.98. The van der Waals surface area contributed by atoms with Crippen LogP contribution in [-0.2, 0) is 9.53 Å². The van der Waals surface area contributed by atoms with Crippen molar-refractivity contribution < 1.29 is 13.9 Å². The zero-order valence-electron chi connectivity index (χ0n) is 9.65. The minimum absolute atomic E-state index is 0.220. The zero-order valence-corrected chi connectivity index (χ0v) is 11.3. The highest BCUT2D eigenvalue weighted by atomic mass is 32.2. The van der Waals surface area contributed by atoms with Crippen molar-refractivity contribution in [2.75, 3.05) is 24.4 Å². The first-order valence-corrected chi connectivity index (χ1v) is 7.64. The van der Waals surface area contributed by atoms with E-state index in [1.165, 1.54) is 17.8 Å². The van der Waals surface area contributed by atoms with Crippen LogP contribution in [0, 0.1) is 5.82 Å². The third-order valence-electron chi connectivity index (χ3n) is 1.95. The Morgan fingerprint density at radius 2 is 2.12 bits per heavy atom. The van der Waals surface area contributed by atoms with Crippen LogP contribution in [0.1, 0.15) is 6.42 Å². The van der Waals surface area contributed by atoms with Gasteiger partial charge in [-0.1, -0.05) is 12.1 Å². The van der Waals surface area contributed by atoms with Crippen molar-refractivity contribution in [2.45, 2.75) is 11.3 Å². The smallest absolute Gasteiger partial charge is 0.306 e. The van der Waals surface area contributed by atoms with Gasteiger partial charge in [-0.15, -0.1) is 11.8 Å². The summed E-state index contributed by atoms with van der Waals surface area (Å²) in [6, 6.07) is 6.55. The van der Waals surface area contributed by atoms with E-state index in [4.69, 9.17) is 4.74 Å². The van der Waals surface area contributed by atoms with E-state index in [9.17, 15) is 9.18 Å². The lowest BCUT2D eigenvalue weighted by Crippen LogP contribution is -2.08. The Bertz CT molecular complexity index is 358. The summed E-state index contributed by atoms with van der Waals surface area (Å²) >= 11 is 2.97. The molecule has 0 radical (unpaired) electrons. The van der Waals surface area contributed by atoms with Crippen LogP contribution in [0.15, 0.2) is 29.2 Å². The highest BCUT2D eigenvalue weighted by Gasteiger charge is 2.05. The van der Waals surface area contributed by atoms with E-state index in [0.717, 1.165) is 5.75 Å². The Morgan fingerprint density at radius 3 is 2.82 bits per heavy atom. The Balaban J connectivity index is 2.19. The van der Waals surface area contributed by atoms with E-state index in [1.807, 2.05) is 6.26 Å². The molecule has 1 aromatic rings. The molecule has 0 spiro atoms. The number of thioether (sulfide) groups is 2. The second-order valence-electron chi connectivity index (χ2n) is 3.24. The predicted octanol–water partition coefficient (Wildman–Crippen LogP) is 3.21. The fourth-order valence-corrected chi connectivity index (χ4v) is 2.24. The molecule has 2 nitrogen and oxygen atoms in total. The topological polar surface area (TPSA) is 26.3 Å². The maximum absolute atomic E-state index is 13.2. The lowest BCUT2D eigenvalue weighted by molar-refractivity contribution is -0.142. The largest absolute Gasteiger partial charge is 0.465 e. The van der Waals surface area contributed by atoms with E-state index in [2.05, 4.69) is 0 Å². The molecule has 1 rings (SSSR count). The summed E-state index contributed by atoms with van der Waals surface area (Å²) in [4.78, 5) is 11.8. The molecule has 0 aliphatic carbocycles. The van der Waals surface area contributed by atoms with Gasteiger partial charge in [0.25, 0.3) is 0 Å². The van der Waals surface area contributed by atoms with Gasteiger partial charge in [0.15, 0.2) is 0 Å². The number of ether oxygens (including phenoxy) is 1. The number of benzene rings is 1. The molecule has 0 N–H and O–H groups in total. The third-order valence-corrected chi connectivity index (χ3v) is 3.58. The minimum atomic E-state index is -0.242. The molecule has 17 heavy (non-hydrogen) atoms. The standard InChI is InChI=1S/C12H15FO2S2/c1-16-9-7-15-12(14)6-8-17-11-5-3-2-4-10(11)13/h2-5H,6-9H2,1H3. The van der Waals surface area contributed by atoms with Gasteiger partial charge in [0.2, 0.25) is 0 Å². The van der Waals surface area contributed by atoms with Crippen molar-refractivity contribution in [3.8, 4) is 0 Å². The Labute approximate surface area is 109 Å². The van der Waals surface area contributed by atoms with Gasteiger partial charge >= 0.3 is 5.97 Å². The van der Waals surface area contributed by atoms with Gasteiger partial charge in [-0.3, -0.25) is 4.79 Å². The maximum Gasteiger partial charge on any atom is 0.306 e. The van der Waals surface area contributed by atoms with Crippen molar-refractivity contribution in [1.29, 1.82) is 0 Å². The molecule has 0 unspecified atom stereocenters. The fraction of sp³-hybridized carbons (Fsp3) is 0.417. The minimum Gasteiger partial charge on any atom is -0.465 e. The first-order chi connectivity index (χ1) is 8.24. The molecule has 0 heterocycles. The van der Waals surface area contributed by atoms with Crippen molar-refractivity contribution in [1.82, 2.24) is 0 Å². The van der Waals surface area contributed by atoms with Crippen LogP contribution in [0.5, 0.6) is 0 Å². The normalized spacial score (nSPS) is 10.2. The number of esters is 1. The molecule has 0 amide bonds. The Kier molecular flexibility index (Phi) is 7.12. The first-order valence-electron chi connectivity index (χ1n) is 5.26. The summed E-state index contributed by atoms with van der Waals surface area (Å²) in [5.41, 5.74) is 0. The molecule has 0 saturated carbocycles. The lowest BCUT2D eigenvalue weighted by Gasteiger charge is -2.04. The second kappa shape index (κ2) is 8.42. The fourth-order valence-electron chi connectivity index (χ4n) is 1.12. The Morgan fingerprint density at radius 1 is 1.35 bits per heavy atom. The van der Waals surface area contributed by atoms with Gasteiger partial charge in [0.05, 0.1) is 6.42 Å². The molecular weight excluding hydrogens is 259 g/mol. The molecule has 5 heteroatoms. The number of carbonyl (C=O) groups is 1. The van der Waals surface area contributed by atoms with E-state index in [1.54, 1.807) is 30.0 Å². The van der Waals surface area contributed by atoms with Crippen molar-refractivity contribution in [2.24, 2.45) is 0 Å². The quantitative estimate of drug-likeness (QED) is 0.433. The predicted molar refractivity (Wildman–Crippen MR) is 71.1 cm³/mol. The van der Waals surface area contributed by atoms with Crippen LogP contribution in [-0.4, -0.2) is 30.3 Å². The molecule has 0 atom stereocenters. The molecule has 94 valence electrons. The van der Waals surface area contributed by atoms with Crippen LogP contribution >= 0.6 is 23.5 Å². The summed E-state index contributed by atoms with van der Waals surface area (Å²) in [5.74, 6) is 0.891. The van der Waals surface area contributed by atoms with E-state index in [-0.39, 0.29) is 11.8 Å². The number of rotatable bonds is 7. The molecule has 0 bridgehead atoms. The molecule has 0 aliphatic rings. The van der Waals surface area contributed by atoms with Crippen LogP contribution in [0.3, 0.4) is 0 Å². The zero-order chi connectivity index (χ0) is 12.5. The van der Waals surface area contributed by atoms with Crippen LogP contribution in [0.2, 0.25) is 0 Å². The highest BCUT2D eigenvalue weighted by Crippen LogP contribution is 2.21. The summed E-state index contributed by atoms with van der Waals surface area (Å²) < 4.78 is 18.2. The van der Waals surface area contributed by atoms with E-state index >= 15 is 0 Å².